The fourth-order valence-electron chi connectivity index (χ4n) is 4.50. The SMILES string of the molecule is COc1cccc(Nc2ncnc3cccc(CN4CC[C@@H](NC(=O)O)[C@H](C(=O)NS(C)(=O)=O)C4)c23)c1. The number of hydrogen-bond donors (Lipinski definition) is 4. The van der Waals surface area contributed by atoms with Crippen LogP contribution < -0.4 is 20.1 Å². The Morgan fingerprint density at radius 1 is 1.19 bits per heavy atom. The van der Waals surface area contributed by atoms with E-state index in [0.29, 0.717) is 31.1 Å². The zero-order valence-corrected chi connectivity index (χ0v) is 21.2. The average molecular weight is 529 g/mol. The molecule has 1 saturated heterocycles. The number of sulfonamides is 1. The van der Waals surface area contributed by atoms with Gasteiger partial charge >= 0.3 is 6.09 Å². The normalized spacial score (nSPS) is 18.2. The third kappa shape index (κ3) is 6.62. The summed E-state index contributed by atoms with van der Waals surface area (Å²) in [6.07, 6.45) is 1.43. The number of nitrogens with one attached hydrogen (secondary N) is 3. The summed E-state index contributed by atoms with van der Waals surface area (Å²) in [6, 6.07) is 12.4. The van der Waals surface area contributed by atoms with Crippen molar-refractivity contribution in [1.82, 2.24) is 24.9 Å². The van der Waals surface area contributed by atoms with Gasteiger partial charge in [0.05, 0.1) is 24.8 Å². The van der Waals surface area contributed by atoms with Gasteiger partial charge in [0.2, 0.25) is 15.9 Å². The summed E-state index contributed by atoms with van der Waals surface area (Å²) in [5.41, 5.74) is 2.41. The molecule has 1 aliphatic rings. The fraction of sp³-hybridized carbons (Fsp3) is 0.333. The number of aromatic nitrogens is 2. The number of hydrogen-bond acceptors (Lipinski definition) is 9. The number of fused-ring (bicyclic) bond motifs is 1. The van der Waals surface area contributed by atoms with Crippen LogP contribution in [0.4, 0.5) is 16.3 Å². The first kappa shape index (κ1) is 26.1. The number of ether oxygens (including phenoxy) is 1. The Morgan fingerprint density at radius 2 is 1.97 bits per heavy atom. The van der Waals surface area contributed by atoms with Crippen LogP contribution in [0.1, 0.15) is 12.0 Å². The summed E-state index contributed by atoms with van der Waals surface area (Å²) < 4.78 is 30.6. The van der Waals surface area contributed by atoms with Crippen LogP contribution in [0.25, 0.3) is 10.9 Å². The van der Waals surface area contributed by atoms with Crippen LogP contribution in [0, 0.1) is 5.92 Å². The van der Waals surface area contributed by atoms with Crippen LogP contribution in [0.3, 0.4) is 0 Å². The van der Waals surface area contributed by atoms with E-state index in [4.69, 9.17) is 4.74 Å². The summed E-state index contributed by atoms with van der Waals surface area (Å²) in [5, 5.41) is 15.7. The Balaban J connectivity index is 1.61. The minimum absolute atomic E-state index is 0.162. The van der Waals surface area contributed by atoms with E-state index in [-0.39, 0.29) is 6.54 Å². The molecular formula is C24H28N6O6S. The standard InChI is InChI=1S/C24H28N6O6S/c1-36-17-7-4-6-16(11-17)27-22-21-15(5-3-8-20(21)25-14-26-22)12-30-10-9-19(28-24(32)33)18(13-30)23(31)29-37(2,34)35/h3-8,11,14,18-19,28H,9-10,12-13H2,1-2H3,(H,29,31)(H,32,33)(H,25,26,27)/t18-,19-/m1/s1. The minimum atomic E-state index is -3.80. The van der Waals surface area contributed by atoms with E-state index in [1.54, 1.807) is 7.11 Å². The molecule has 0 unspecified atom stereocenters. The third-order valence-electron chi connectivity index (χ3n) is 6.10. The molecule has 37 heavy (non-hydrogen) atoms. The smallest absolute Gasteiger partial charge is 0.404 e. The van der Waals surface area contributed by atoms with Crippen molar-refractivity contribution in [3.63, 3.8) is 0 Å². The number of likely N-dealkylation sites (tertiary alicyclic amines) is 1. The predicted molar refractivity (Wildman–Crippen MR) is 137 cm³/mol. The monoisotopic (exact) mass is 528 g/mol. The highest BCUT2D eigenvalue weighted by Crippen LogP contribution is 2.30. The predicted octanol–water partition coefficient (Wildman–Crippen LogP) is 1.92. The van der Waals surface area contributed by atoms with Gasteiger partial charge in [-0.3, -0.25) is 14.4 Å². The number of methoxy groups -OCH3 is 1. The first-order valence-corrected chi connectivity index (χ1v) is 13.4. The molecule has 0 bridgehead atoms. The van der Waals surface area contributed by atoms with Crippen molar-refractivity contribution in [2.45, 2.75) is 19.0 Å². The van der Waals surface area contributed by atoms with Gasteiger partial charge in [0.25, 0.3) is 0 Å². The van der Waals surface area contributed by atoms with Crippen LogP contribution in [-0.2, 0) is 21.4 Å². The molecule has 13 heteroatoms. The van der Waals surface area contributed by atoms with E-state index in [2.05, 4.69) is 20.6 Å². The number of piperidine rings is 1. The second-order valence-corrected chi connectivity index (χ2v) is 10.6. The molecule has 0 radical (unpaired) electrons. The van der Waals surface area contributed by atoms with Gasteiger partial charge in [-0.05, 0) is 30.2 Å². The van der Waals surface area contributed by atoms with E-state index in [9.17, 15) is 23.1 Å². The molecule has 4 rings (SSSR count). The molecule has 2 heterocycles. The lowest BCUT2D eigenvalue weighted by Crippen LogP contribution is -2.56. The number of amides is 2. The molecule has 2 atom stereocenters. The van der Waals surface area contributed by atoms with Gasteiger partial charge in [0, 0.05) is 42.8 Å². The van der Waals surface area contributed by atoms with Crippen LogP contribution in [-0.4, -0.2) is 72.9 Å². The van der Waals surface area contributed by atoms with E-state index in [0.717, 1.165) is 28.4 Å². The lowest BCUT2D eigenvalue weighted by Gasteiger charge is -2.37. The van der Waals surface area contributed by atoms with E-state index >= 15 is 0 Å². The number of nitrogens with zero attached hydrogens (tertiary/aromatic N) is 3. The van der Waals surface area contributed by atoms with E-state index in [1.165, 1.54) is 6.33 Å². The van der Waals surface area contributed by atoms with Gasteiger partial charge in [0.1, 0.15) is 17.9 Å². The lowest BCUT2D eigenvalue weighted by molar-refractivity contribution is -0.125. The maximum absolute atomic E-state index is 12.7. The Morgan fingerprint density at radius 3 is 2.70 bits per heavy atom. The highest BCUT2D eigenvalue weighted by atomic mass is 32.2. The molecule has 1 aliphatic heterocycles. The lowest BCUT2D eigenvalue weighted by atomic mass is 9.91. The number of carbonyl (C=O) groups is 2. The molecule has 0 saturated carbocycles. The van der Waals surface area contributed by atoms with Gasteiger partial charge in [-0.2, -0.15) is 0 Å². The average Bonchev–Trinajstić information content (AvgIpc) is 2.84. The highest BCUT2D eigenvalue weighted by molar-refractivity contribution is 7.89. The maximum Gasteiger partial charge on any atom is 0.404 e. The largest absolute Gasteiger partial charge is 0.497 e. The van der Waals surface area contributed by atoms with Gasteiger partial charge in [-0.1, -0.05) is 18.2 Å². The van der Waals surface area contributed by atoms with E-state index < -0.39 is 34.0 Å². The topological polar surface area (TPSA) is 163 Å². The zero-order valence-electron chi connectivity index (χ0n) is 20.3. The molecule has 12 nitrogen and oxygen atoms in total. The molecule has 0 aliphatic carbocycles. The fourth-order valence-corrected chi connectivity index (χ4v) is 5.02. The minimum Gasteiger partial charge on any atom is -0.497 e. The van der Waals surface area contributed by atoms with Gasteiger partial charge in [-0.25, -0.2) is 23.2 Å². The van der Waals surface area contributed by atoms with Crippen LogP contribution in [0.5, 0.6) is 5.75 Å². The summed E-state index contributed by atoms with van der Waals surface area (Å²) in [7, 11) is -2.20. The Bertz CT molecular complexity index is 1410. The molecule has 1 aromatic heterocycles. The van der Waals surface area contributed by atoms with Crippen molar-refractivity contribution in [2.24, 2.45) is 5.92 Å². The first-order valence-electron chi connectivity index (χ1n) is 11.5. The van der Waals surface area contributed by atoms with Crippen molar-refractivity contribution in [3.8, 4) is 5.75 Å². The summed E-state index contributed by atoms with van der Waals surface area (Å²) in [6.45, 7) is 1.07. The second-order valence-electron chi connectivity index (χ2n) is 8.82. The summed E-state index contributed by atoms with van der Waals surface area (Å²) in [5.74, 6) is -0.338. The molecule has 2 aromatic carbocycles. The molecular weight excluding hydrogens is 500 g/mol. The van der Waals surface area contributed by atoms with E-state index in [1.807, 2.05) is 52.1 Å². The van der Waals surface area contributed by atoms with Gasteiger partial charge in [-0.15, -0.1) is 0 Å². The molecule has 1 fully saturated rings. The number of rotatable bonds is 8. The summed E-state index contributed by atoms with van der Waals surface area (Å²) >= 11 is 0. The van der Waals surface area contributed by atoms with Gasteiger partial charge in [0.15, 0.2) is 0 Å². The number of benzene rings is 2. The van der Waals surface area contributed by atoms with Crippen molar-refractivity contribution < 1.29 is 27.9 Å². The highest BCUT2D eigenvalue weighted by Gasteiger charge is 2.36. The molecule has 3 aromatic rings. The second kappa shape index (κ2) is 11.0. The third-order valence-corrected chi connectivity index (χ3v) is 6.68. The van der Waals surface area contributed by atoms with Crippen LogP contribution in [0.2, 0.25) is 0 Å². The van der Waals surface area contributed by atoms with Crippen molar-refractivity contribution in [2.75, 3.05) is 31.8 Å². The molecule has 2 amide bonds. The number of carboxylic acid groups (broad SMARTS) is 1. The van der Waals surface area contributed by atoms with Crippen LogP contribution in [0.15, 0.2) is 48.8 Å². The van der Waals surface area contributed by atoms with Gasteiger partial charge < -0.3 is 20.5 Å². The van der Waals surface area contributed by atoms with Crippen molar-refractivity contribution >= 4 is 44.4 Å². The molecule has 196 valence electrons. The van der Waals surface area contributed by atoms with Crippen molar-refractivity contribution in [1.29, 1.82) is 0 Å². The first-order chi connectivity index (χ1) is 17.6. The van der Waals surface area contributed by atoms with Crippen molar-refractivity contribution in [3.05, 3.63) is 54.4 Å². The quantitative estimate of drug-likeness (QED) is 0.340. The summed E-state index contributed by atoms with van der Waals surface area (Å²) in [4.78, 5) is 34.8. The maximum atomic E-state index is 12.7. The Labute approximate surface area is 214 Å². The molecule has 4 N–H and O–H groups in total. The zero-order chi connectivity index (χ0) is 26.6. The Kier molecular flexibility index (Phi) is 7.74. The number of anilines is 2. The Hall–Kier alpha value is -3.97. The molecule has 0 spiro atoms. The van der Waals surface area contributed by atoms with Crippen LogP contribution >= 0.6 is 0 Å². The number of carbonyl (C=O) groups excluding carboxylic acids is 1.